The Balaban J connectivity index is 2.01. The van der Waals surface area contributed by atoms with Crippen LogP contribution < -0.4 is 10.0 Å². The standard InChI is InChI=1S/C14H15N5O2S/c1-15-13-14-17-9-12(19(14)8-7-16-13)10-3-5-11(6-4-10)18-22(2,20)21/h3-9,18H,1-2H3,(H,15,16). The molecule has 0 spiro atoms. The van der Waals surface area contributed by atoms with E-state index in [4.69, 9.17) is 0 Å². The minimum atomic E-state index is -3.27. The monoisotopic (exact) mass is 317 g/mol. The van der Waals surface area contributed by atoms with Crippen molar-refractivity contribution >= 4 is 27.2 Å². The average molecular weight is 317 g/mol. The molecule has 0 radical (unpaired) electrons. The molecule has 0 saturated carbocycles. The molecule has 22 heavy (non-hydrogen) atoms. The van der Waals surface area contributed by atoms with E-state index >= 15 is 0 Å². The smallest absolute Gasteiger partial charge is 0.229 e. The zero-order chi connectivity index (χ0) is 15.7. The molecule has 2 heterocycles. The first kappa shape index (κ1) is 14.3. The second-order valence-electron chi connectivity index (χ2n) is 4.81. The summed E-state index contributed by atoms with van der Waals surface area (Å²) in [6.45, 7) is 0. The molecular weight excluding hydrogens is 302 g/mol. The number of sulfonamides is 1. The van der Waals surface area contributed by atoms with Crippen LogP contribution >= 0.6 is 0 Å². The number of imidazole rings is 1. The van der Waals surface area contributed by atoms with Gasteiger partial charge in [-0.15, -0.1) is 0 Å². The maximum Gasteiger partial charge on any atom is 0.229 e. The van der Waals surface area contributed by atoms with Crippen LogP contribution in [0.2, 0.25) is 0 Å². The Morgan fingerprint density at radius 1 is 1.14 bits per heavy atom. The quantitative estimate of drug-likeness (QED) is 0.766. The van der Waals surface area contributed by atoms with Gasteiger partial charge in [-0.2, -0.15) is 0 Å². The number of nitrogens with one attached hydrogen (secondary N) is 2. The van der Waals surface area contributed by atoms with E-state index in [1.807, 2.05) is 22.7 Å². The van der Waals surface area contributed by atoms with Gasteiger partial charge >= 0.3 is 0 Å². The molecule has 3 aromatic rings. The number of nitrogens with zero attached hydrogens (tertiary/aromatic N) is 3. The Labute approximate surface area is 128 Å². The van der Waals surface area contributed by atoms with Crippen LogP contribution in [0.5, 0.6) is 0 Å². The third-order valence-corrected chi connectivity index (χ3v) is 3.76. The Hall–Kier alpha value is -2.61. The minimum Gasteiger partial charge on any atom is -0.370 e. The lowest BCUT2D eigenvalue weighted by Crippen LogP contribution is -2.09. The second kappa shape index (κ2) is 5.30. The number of aromatic nitrogens is 3. The molecule has 0 atom stereocenters. The molecule has 0 amide bonds. The maximum atomic E-state index is 11.2. The van der Waals surface area contributed by atoms with Crippen molar-refractivity contribution in [1.29, 1.82) is 0 Å². The SMILES string of the molecule is CNc1nccn2c(-c3ccc(NS(C)(=O)=O)cc3)cnc12. The molecule has 0 fully saturated rings. The lowest BCUT2D eigenvalue weighted by atomic mass is 10.1. The molecule has 7 nitrogen and oxygen atoms in total. The average Bonchev–Trinajstić information content (AvgIpc) is 2.90. The van der Waals surface area contributed by atoms with Crippen LogP contribution in [0, 0.1) is 0 Å². The fourth-order valence-electron chi connectivity index (χ4n) is 2.23. The third-order valence-electron chi connectivity index (χ3n) is 3.15. The van der Waals surface area contributed by atoms with Gasteiger partial charge in [0.25, 0.3) is 0 Å². The molecular formula is C14H15N5O2S. The van der Waals surface area contributed by atoms with E-state index in [-0.39, 0.29) is 0 Å². The van der Waals surface area contributed by atoms with Crippen LogP contribution in [-0.2, 0) is 10.0 Å². The van der Waals surface area contributed by atoms with Crippen LogP contribution in [0.3, 0.4) is 0 Å². The zero-order valence-electron chi connectivity index (χ0n) is 12.1. The van der Waals surface area contributed by atoms with Gasteiger partial charge in [-0.3, -0.25) is 9.12 Å². The lowest BCUT2D eigenvalue weighted by Gasteiger charge is -2.06. The molecule has 114 valence electrons. The molecule has 2 N–H and O–H groups in total. The van der Waals surface area contributed by atoms with E-state index in [1.54, 1.807) is 31.6 Å². The van der Waals surface area contributed by atoms with E-state index < -0.39 is 10.0 Å². The number of fused-ring (bicyclic) bond motifs is 1. The van der Waals surface area contributed by atoms with Crippen LogP contribution in [0.15, 0.2) is 42.9 Å². The number of benzene rings is 1. The molecule has 0 aliphatic rings. The number of hydrogen-bond donors (Lipinski definition) is 2. The van der Waals surface area contributed by atoms with Crippen molar-refractivity contribution in [2.75, 3.05) is 23.3 Å². The highest BCUT2D eigenvalue weighted by Crippen LogP contribution is 2.24. The van der Waals surface area contributed by atoms with Crippen molar-refractivity contribution in [3.8, 4) is 11.3 Å². The van der Waals surface area contributed by atoms with Gasteiger partial charge in [0.05, 0.1) is 18.1 Å². The fraction of sp³-hybridized carbons (Fsp3) is 0.143. The topological polar surface area (TPSA) is 88.4 Å². The summed E-state index contributed by atoms with van der Waals surface area (Å²) in [5.41, 5.74) is 3.09. The predicted octanol–water partition coefficient (Wildman–Crippen LogP) is 1.81. The summed E-state index contributed by atoms with van der Waals surface area (Å²) in [7, 11) is -1.48. The lowest BCUT2D eigenvalue weighted by molar-refractivity contribution is 0.607. The highest BCUT2D eigenvalue weighted by Gasteiger charge is 2.09. The van der Waals surface area contributed by atoms with Gasteiger partial charge in [0.2, 0.25) is 10.0 Å². The molecule has 0 bridgehead atoms. The van der Waals surface area contributed by atoms with Gasteiger partial charge in [-0.05, 0) is 12.1 Å². The summed E-state index contributed by atoms with van der Waals surface area (Å²) in [5, 5.41) is 3.00. The van der Waals surface area contributed by atoms with Crippen molar-refractivity contribution < 1.29 is 8.42 Å². The van der Waals surface area contributed by atoms with Crippen molar-refractivity contribution in [3.63, 3.8) is 0 Å². The molecule has 0 aliphatic heterocycles. The second-order valence-corrected chi connectivity index (χ2v) is 6.56. The Morgan fingerprint density at radius 2 is 1.86 bits per heavy atom. The highest BCUT2D eigenvalue weighted by atomic mass is 32.2. The summed E-state index contributed by atoms with van der Waals surface area (Å²) in [6, 6.07) is 7.12. The van der Waals surface area contributed by atoms with Gasteiger partial charge < -0.3 is 5.32 Å². The van der Waals surface area contributed by atoms with Crippen LogP contribution in [0.4, 0.5) is 11.5 Å². The molecule has 1 aromatic carbocycles. The minimum absolute atomic E-state index is 0.526. The third kappa shape index (κ3) is 2.73. The van der Waals surface area contributed by atoms with Gasteiger partial charge in [-0.25, -0.2) is 18.4 Å². The zero-order valence-corrected chi connectivity index (χ0v) is 12.9. The first-order valence-corrected chi connectivity index (χ1v) is 8.45. The normalized spacial score (nSPS) is 11.5. The summed E-state index contributed by atoms with van der Waals surface area (Å²) in [4.78, 5) is 8.59. The first-order chi connectivity index (χ1) is 10.5. The van der Waals surface area contributed by atoms with Crippen LogP contribution in [0.25, 0.3) is 16.9 Å². The molecule has 0 aliphatic carbocycles. The molecule has 3 rings (SSSR count). The van der Waals surface area contributed by atoms with Crippen molar-refractivity contribution in [2.24, 2.45) is 0 Å². The van der Waals surface area contributed by atoms with Crippen molar-refractivity contribution in [3.05, 3.63) is 42.9 Å². The summed E-state index contributed by atoms with van der Waals surface area (Å²) in [6.07, 6.45) is 6.42. The van der Waals surface area contributed by atoms with Gasteiger partial charge in [-0.1, -0.05) is 12.1 Å². The van der Waals surface area contributed by atoms with E-state index in [2.05, 4.69) is 20.0 Å². The summed E-state index contributed by atoms with van der Waals surface area (Å²) < 4.78 is 26.8. The van der Waals surface area contributed by atoms with E-state index in [9.17, 15) is 8.42 Å². The van der Waals surface area contributed by atoms with Gasteiger partial charge in [0, 0.05) is 30.7 Å². The summed E-state index contributed by atoms with van der Waals surface area (Å²) >= 11 is 0. The highest BCUT2D eigenvalue weighted by molar-refractivity contribution is 7.92. The molecule has 0 saturated heterocycles. The molecule has 0 unspecified atom stereocenters. The van der Waals surface area contributed by atoms with E-state index in [0.29, 0.717) is 11.5 Å². The van der Waals surface area contributed by atoms with Crippen LogP contribution in [-0.4, -0.2) is 36.1 Å². The van der Waals surface area contributed by atoms with Gasteiger partial charge in [0.1, 0.15) is 0 Å². The van der Waals surface area contributed by atoms with Crippen molar-refractivity contribution in [1.82, 2.24) is 14.4 Å². The number of hydrogen-bond acceptors (Lipinski definition) is 5. The Morgan fingerprint density at radius 3 is 2.50 bits per heavy atom. The van der Waals surface area contributed by atoms with Crippen molar-refractivity contribution in [2.45, 2.75) is 0 Å². The molecule has 8 heteroatoms. The Bertz CT molecular complexity index is 916. The predicted molar refractivity (Wildman–Crippen MR) is 86.4 cm³/mol. The fourth-order valence-corrected chi connectivity index (χ4v) is 2.80. The largest absolute Gasteiger partial charge is 0.370 e. The van der Waals surface area contributed by atoms with E-state index in [1.165, 1.54) is 0 Å². The van der Waals surface area contributed by atoms with E-state index in [0.717, 1.165) is 23.2 Å². The van der Waals surface area contributed by atoms with Crippen LogP contribution in [0.1, 0.15) is 0 Å². The first-order valence-electron chi connectivity index (χ1n) is 6.56. The maximum absolute atomic E-state index is 11.2. The number of anilines is 2. The Kier molecular flexibility index (Phi) is 3.45. The van der Waals surface area contributed by atoms with Gasteiger partial charge in [0.15, 0.2) is 11.5 Å². The molecule has 2 aromatic heterocycles. The summed E-state index contributed by atoms with van der Waals surface area (Å²) in [5.74, 6) is 0.698. The number of rotatable bonds is 4.